The maximum atomic E-state index is 12.1. The van der Waals surface area contributed by atoms with E-state index in [0.29, 0.717) is 12.6 Å². The highest BCUT2D eigenvalue weighted by atomic mass is 16.2. The Balaban J connectivity index is 1.43. The Morgan fingerprint density at radius 1 is 1.21 bits per heavy atom. The maximum Gasteiger partial charge on any atom is 0.234 e. The molecule has 19 heavy (non-hydrogen) atoms. The summed E-state index contributed by atoms with van der Waals surface area (Å²) < 4.78 is 0. The fourth-order valence-electron chi connectivity index (χ4n) is 4.63. The minimum absolute atomic E-state index is 0.247. The van der Waals surface area contributed by atoms with Crippen LogP contribution >= 0.6 is 0 Å². The van der Waals surface area contributed by atoms with Gasteiger partial charge in [-0.2, -0.15) is 0 Å². The van der Waals surface area contributed by atoms with Gasteiger partial charge in [0.05, 0.1) is 6.54 Å². The molecule has 3 rings (SSSR count). The van der Waals surface area contributed by atoms with Crippen LogP contribution in [-0.2, 0) is 4.79 Å². The van der Waals surface area contributed by atoms with Gasteiger partial charge in [0.25, 0.3) is 0 Å². The van der Waals surface area contributed by atoms with Crippen LogP contribution in [-0.4, -0.2) is 36.5 Å². The first kappa shape index (κ1) is 13.4. The maximum absolute atomic E-state index is 12.1. The van der Waals surface area contributed by atoms with E-state index in [2.05, 4.69) is 17.1 Å². The first-order valence-electron chi connectivity index (χ1n) is 8.24. The molecule has 0 unspecified atom stereocenters. The summed E-state index contributed by atoms with van der Waals surface area (Å²) in [5.74, 6) is 2.87. The van der Waals surface area contributed by atoms with Crippen molar-refractivity contribution < 1.29 is 4.79 Å². The van der Waals surface area contributed by atoms with E-state index in [1.165, 1.54) is 44.9 Å². The van der Waals surface area contributed by atoms with Crippen LogP contribution in [0.1, 0.15) is 51.9 Å². The van der Waals surface area contributed by atoms with E-state index >= 15 is 0 Å². The summed E-state index contributed by atoms with van der Waals surface area (Å²) in [5, 5.41) is 3.27. The van der Waals surface area contributed by atoms with Crippen LogP contribution in [0.2, 0.25) is 0 Å². The van der Waals surface area contributed by atoms with Crippen LogP contribution in [0.3, 0.4) is 0 Å². The van der Waals surface area contributed by atoms with Gasteiger partial charge < -0.3 is 5.32 Å². The van der Waals surface area contributed by atoms with Crippen molar-refractivity contribution in [1.29, 1.82) is 0 Å². The third-order valence-corrected chi connectivity index (χ3v) is 5.64. The number of hydrogen-bond donors (Lipinski definition) is 1. The molecule has 0 aromatic heterocycles. The van der Waals surface area contributed by atoms with Gasteiger partial charge in [-0.1, -0.05) is 12.8 Å². The lowest BCUT2D eigenvalue weighted by Gasteiger charge is -2.30. The molecule has 2 saturated carbocycles. The molecule has 0 radical (unpaired) electrons. The molecule has 2 bridgehead atoms. The molecule has 3 heteroatoms. The quantitative estimate of drug-likeness (QED) is 0.845. The Hall–Kier alpha value is -0.570. The van der Waals surface area contributed by atoms with Crippen molar-refractivity contribution in [1.82, 2.24) is 10.2 Å². The standard InChI is InChI=1S/C16H28N2O/c1-12(15-10-13-5-6-14(15)9-13)17-16(19)11-18-7-3-2-4-8-18/h12-15H,2-11H2,1H3,(H,17,19)/t12-,13+,14+,15-/m0/s1. The molecule has 1 heterocycles. The second-order valence-electron chi connectivity index (χ2n) is 7.03. The van der Waals surface area contributed by atoms with Crippen LogP contribution in [0, 0.1) is 17.8 Å². The molecule has 3 fully saturated rings. The number of likely N-dealkylation sites (tertiary alicyclic amines) is 1. The summed E-state index contributed by atoms with van der Waals surface area (Å²) in [5.41, 5.74) is 0. The number of nitrogens with zero attached hydrogens (tertiary/aromatic N) is 1. The van der Waals surface area contributed by atoms with E-state index in [1.807, 2.05) is 0 Å². The van der Waals surface area contributed by atoms with Gasteiger partial charge in [-0.15, -0.1) is 0 Å². The highest BCUT2D eigenvalue weighted by molar-refractivity contribution is 5.78. The molecule has 1 saturated heterocycles. The minimum Gasteiger partial charge on any atom is -0.352 e. The van der Waals surface area contributed by atoms with E-state index in [1.54, 1.807) is 0 Å². The molecule has 0 aromatic rings. The Bertz CT molecular complexity index is 325. The number of carbonyl (C=O) groups is 1. The van der Waals surface area contributed by atoms with Crippen LogP contribution in [0.4, 0.5) is 0 Å². The number of piperidine rings is 1. The lowest BCUT2D eigenvalue weighted by Crippen LogP contribution is -2.45. The van der Waals surface area contributed by atoms with Gasteiger partial charge in [-0.3, -0.25) is 9.69 Å². The highest BCUT2D eigenvalue weighted by Crippen LogP contribution is 2.49. The van der Waals surface area contributed by atoms with Gasteiger partial charge in [0.2, 0.25) is 5.91 Å². The highest BCUT2D eigenvalue weighted by Gasteiger charge is 2.42. The zero-order valence-corrected chi connectivity index (χ0v) is 12.2. The largest absolute Gasteiger partial charge is 0.352 e. The van der Waals surface area contributed by atoms with E-state index in [9.17, 15) is 4.79 Å². The summed E-state index contributed by atoms with van der Waals surface area (Å²) in [6, 6.07) is 0.382. The number of fused-ring (bicyclic) bond motifs is 2. The SMILES string of the molecule is C[C@H](NC(=O)CN1CCCCC1)[C@@H]1C[C@@H]2CC[C@@H]1C2. The number of amides is 1. The number of hydrogen-bond acceptors (Lipinski definition) is 2. The number of nitrogens with one attached hydrogen (secondary N) is 1. The number of rotatable bonds is 4. The fourth-order valence-corrected chi connectivity index (χ4v) is 4.63. The molecule has 4 atom stereocenters. The average Bonchev–Trinajstić information content (AvgIpc) is 3.02. The van der Waals surface area contributed by atoms with E-state index < -0.39 is 0 Å². The van der Waals surface area contributed by atoms with E-state index in [4.69, 9.17) is 0 Å². The smallest absolute Gasteiger partial charge is 0.234 e. The van der Waals surface area contributed by atoms with Gasteiger partial charge in [0.15, 0.2) is 0 Å². The molecule has 1 aliphatic heterocycles. The Labute approximate surface area is 117 Å². The molecular formula is C16H28N2O. The van der Waals surface area contributed by atoms with Crippen LogP contribution in [0.25, 0.3) is 0 Å². The molecule has 3 nitrogen and oxygen atoms in total. The molecule has 108 valence electrons. The van der Waals surface area contributed by atoms with Crippen molar-refractivity contribution in [2.24, 2.45) is 17.8 Å². The summed E-state index contributed by atoms with van der Waals surface area (Å²) in [6.07, 6.45) is 9.48. The molecule has 3 aliphatic rings. The lowest BCUT2D eigenvalue weighted by atomic mass is 9.84. The van der Waals surface area contributed by atoms with Crippen LogP contribution < -0.4 is 5.32 Å². The molecule has 0 aromatic carbocycles. The van der Waals surface area contributed by atoms with E-state index in [-0.39, 0.29) is 5.91 Å². The van der Waals surface area contributed by atoms with Gasteiger partial charge in [-0.25, -0.2) is 0 Å². The summed E-state index contributed by atoms with van der Waals surface area (Å²) in [4.78, 5) is 14.4. The minimum atomic E-state index is 0.247. The first-order chi connectivity index (χ1) is 9.22. The van der Waals surface area contributed by atoms with Crippen molar-refractivity contribution in [2.45, 2.75) is 57.9 Å². The average molecular weight is 264 g/mol. The summed E-state index contributed by atoms with van der Waals surface area (Å²) in [6.45, 7) is 5.05. The predicted octanol–water partition coefficient (Wildman–Crippen LogP) is 2.41. The topological polar surface area (TPSA) is 32.3 Å². The Morgan fingerprint density at radius 3 is 2.63 bits per heavy atom. The van der Waals surface area contributed by atoms with Gasteiger partial charge in [0, 0.05) is 6.04 Å². The third-order valence-electron chi connectivity index (χ3n) is 5.64. The fraction of sp³-hybridized carbons (Fsp3) is 0.938. The molecule has 1 N–H and O–H groups in total. The van der Waals surface area contributed by atoms with Crippen molar-refractivity contribution in [3.05, 3.63) is 0 Å². The van der Waals surface area contributed by atoms with Crippen molar-refractivity contribution >= 4 is 5.91 Å². The Morgan fingerprint density at radius 2 is 2.00 bits per heavy atom. The third kappa shape index (κ3) is 3.13. The van der Waals surface area contributed by atoms with Gasteiger partial charge in [0.1, 0.15) is 0 Å². The van der Waals surface area contributed by atoms with Crippen LogP contribution in [0.5, 0.6) is 0 Å². The lowest BCUT2D eigenvalue weighted by molar-refractivity contribution is -0.123. The van der Waals surface area contributed by atoms with Crippen molar-refractivity contribution in [3.63, 3.8) is 0 Å². The summed E-state index contributed by atoms with van der Waals surface area (Å²) in [7, 11) is 0. The van der Waals surface area contributed by atoms with Crippen LogP contribution in [0.15, 0.2) is 0 Å². The predicted molar refractivity (Wildman–Crippen MR) is 76.8 cm³/mol. The molecular weight excluding hydrogens is 236 g/mol. The van der Waals surface area contributed by atoms with Crippen molar-refractivity contribution in [2.75, 3.05) is 19.6 Å². The Kier molecular flexibility index (Phi) is 4.11. The van der Waals surface area contributed by atoms with E-state index in [0.717, 1.165) is 30.8 Å². The molecule has 2 aliphatic carbocycles. The summed E-state index contributed by atoms with van der Waals surface area (Å²) >= 11 is 0. The zero-order chi connectivity index (χ0) is 13.2. The zero-order valence-electron chi connectivity index (χ0n) is 12.2. The normalized spacial score (nSPS) is 36.4. The monoisotopic (exact) mass is 264 g/mol. The molecule has 0 spiro atoms. The van der Waals surface area contributed by atoms with Crippen molar-refractivity contribution in [3.8, 4) is 0 Å². The second kappa shape index (κ2) is 5.82. The van der Waals surface area contributed by atoms with Gasteiger partial charge >= 0.3 is 0 Å². The first-order valence-corrected chi connectivity index (χ1v) is 8.24. The van der Waals surface area contributed by atoms with Gasteiger partial charge in [-0.05, 0) is 69.9 Å². The second-order valence-corrected chi connectivity index (χ2v) is 7.03. The molecule has 1 amide bonds. The number of carbonyl (C=O) groups excluding carboxylic acids is 1.